The highest BCUT2D eigenvalue weighted by atomic mass is 16.5. The highest BCUT2D eigenvalue weighted by molar-refractivity contribution is 5.96. The van der Waals surface area contributed by atoms with E-state index in [2.05, 4.69) is 20.3 Å². The smallest absolute Gasteiger partial charge is 0.227 e. The molecule has 5 heterocycles. The standard InChI is InChI=1S/C23H19N5O3/c1-13-17-9-21(27-14-7-20-23(25-10-14)26-12-30-20)24-11-18(17)16-5-4-15(8-19(16)31-13)28-6-2-3-22(28)29/h4-5,7-13H,2-3,6H2,1H3,(H,24,27)/t13-/m0/s1. The Labute approximate surface area is 177 Å². The van der Waals surface area contributed by atoms with E-state index < -0.39 is 0 Å². The summed E-state index contributed by atoms with van der Waals surface area (Å²) < 4.78 is 11.5. The quantitative estimate of drug-likeness (QED) is 0.524. The molecule has 31 heavy (non-hydrogen) atoms. The molecular weight excluding hydrogens is 394 g/mol. The van der Waals surface area contributed by atoms with Crippen molar-refractivity contribution in [2.24, 2.45) is 0 Å². The van der Waals surface area contributed by atoms with Gasteiger partial charge in [0.2, 0.25) is 5.91 Å². The average Bonchev–Trinajstić information content (AvgIpc) is 3.42. The Bertz CT molecular complexity index is 1330. The number of anilines is 3. The summed E-state index contributed by atoms with van der Waals surface area (Å²) in [5.41, 5.74) is 5.89. The minimum atomic E-state index is -0.148. The van der Waals surface area contributed by atoms with Gasteiger partial charge in [-0.3, -0.25) is 4.79 Å². The van der Waals surface area contributed by atoms with Gasteiger partial charge >= 0.3 is 0 Å². The Morgan fingerprint density at radius 2 is 2.03 bits per heavy atom. The largest absolute Gasteiger partial charge is 0.485 e. The molecule has 4 aromatic rings. The third-order valence-corrected chi connectivity index (χ3v) is 5.78. The van der Waals surface area contributed by atoms with E-state index in [4.69, 9.17) is 9.15 Å². The van der Waals surface area contributed by atoms with Gasteiger partial charge < -0.3 is 19.4 Å². The van der Waals surface area contributed by atoms with E-state index in [0.29, 0.717) is 23.5 Å². The Kier molecular flexibility index (Phi) is 3.92. The predicted octanol–water partition coefficient (Wildman–Crippen LogP) is 4.61. The zero-order valence-electron chi connectivity index (χ0n) is 16.8. The molecule has 3 aromatic heterocycles. The molecule has 0 aliphatic carbocycles. The summed E-state index contributed by atoms with van der Waals surface area (Å²) in [6.07, 6.45) is 6.29. The molecule has 0 saturated carbocycles. The molecule has 0 radical (unpaired) electrons. The summed E-state index contributed by atoms with van der Waals surface area (Å²) in [6.45, 7) is 2.77. The monoisotopic (exact) mass is 413 g/mol. The number of hydrogen-bond donors (Lipinski definition) is 1. The van der Waals surface area contributed by atoms with Crippen LogP contribution in [0, 0.1) is 0 Å². The van der Waals surface area contributed by atoms with Crippen molar-refractivity contribution in [1.29, 1.82) is 0 Å². The number of amides is 1. The molecule has 8 nitrogen and oxygen atoms in total. The van der Waals surface area contributed by atoms with E-state index in [9.17, 15) is 4.79 Å². The Morgan fingerprint density at radius 3 is 2.90 bits per heavy atom. The van der Waals surface area contributed by atoms with Crippen LogP contribution in [0.3, 0.4) is 0 Å². The van der Waals surface area contributed by atoms with Crippen LogP contribution in [0.4, 0.5) is 17.2 Å². The number of aromatic nitrogens is 3. The average molecular weight is 413 g/mol. The van der Waals surface area contributed by atoms with Crippen molar-refractivity contribution in [3.05, 3.63) is 54.7 Å². The van der Waals surface area contributed by atoms with Gasteiger partial charge in [-0.25, -0.2) is 9.97 Å². The van der Waals surface area contributed by atoms with Crippen molar-refractivity contribution < 1.29 is 13.9 Å². The fourth-order valence-corrected chi connectivity index (χ4v) is 4.25. The van der Waals surface area contributed by atoms with E-state index in [1.165, 1.54) is 6.39 Å². The number of pyridine rings is 2. The first-order valence-electron chi connectivity index (χ1n) is 10.2. The lowest BCUT2D eigenvalue weighted by atomic mass is 9.94. The maximum absolute atomic E-state index is 12.1. The summed E-state index contributed by atoms with van der Waals surface area (Å²) in [7, 11) is 0. The molecule has 1 N–H and O–H groups in total. The van der Waals surface area contributed by atoms with Crippen molar-refractivity contribution in [2.45, 2.75) is 25.9 Å². The number of fused-ring (bicyclic) bond motifs is 4. The molecular formula is C23H19N5O3. The van der Waals surface area contributed by atoms with Gasteiger partial charge in [-0.05, 0) is 31.5 Å². The number of hydrogen-bond acceptors (Lipinski definition) is 7. The predicted molar refractivity (Wildman–Crippen MR) is 115 cm³/mol. The van der Waals surface area contributed by atoms with Crippen LogP contribution in [0.5, 0.6) is 5.75 Å². The van der Waals surface area contributed by atoms with Crippen LogP contribution in [0.1, 0.15) is 31.4 Å². The number of nitrogens with one attached hydrogen (secondary N) is 1. The number of benzene rings is 1. The maximum Gasteiger partial charge on any atom is 0.227 e. The van der Waals surface area contributed by atoms with E-state index in [0.717, 1.165) is 46.8 Å². The first-order chi connectivity index (χ1) is 15.2. The number of carbonyl (C=O) groups is 1. The molecule has 1 aromatic carbocycles. The molecule has 0 unspecified atom stereocenters. The molecule has 2 aliphatic rings. The van der Waals surface area contributed by atoms with E-state index in [1.807, 2.05) is 48.4 Å². The van der Waals surface area contributed by atoms with Crippen molar-refractivity contribution in [2.75, 3.05) is 16.8 Å². The number of carbonyl (C=O) groups excluding carboxylic acids is 1. The minimum Gasteiger partial charge on any atom is -0.485 e. The van der Waals surface area contributed by atoms with E-state index >= 15 is 0 Å². The van der Waals surface area contributed by atoms with Crippen molar-refractivity contribution in [3.63, 3.8) is 0 Å². The molecule has 6 rings (SSSR count). The second-order valence-corrected chi connectivity index (χ2v) is 7.77. The van der Waals surface area contributed by atoms with Crippen LogP contribution in [0.2, 0.25) is 0 Å². The topological polar surface area (TPSA) is 93.4 Å². The second-order valence-electron chi connectivity index (χ2n) is 7.77. The molecule has 8 heteroatoms. The van der Waals surface area contributed by atoms with Gasteiger partial charge in [-0.2, -0.15) is 4.98 Å². The molecule has 1 fully saturated rings. The lowest BCUT2D eigenvalue weighted by molar-refractivity contribution is -0.117. The van der Waals surface area contributed by atoms with Gasteiger partial charge in [0, 0.05) is 53.7 Å². The summed E-state index contributed by atoms with van der Waals surface area (Å²) >= 11 is 0. The van der Waals surface area contributed by atoms with E-state index in [1.54, 1.807) is 6.20 Å². The van der Waals surface area contributed by atoms with Crippen molar-refractivity contribution >= 4 is 34.3 Å². The van der Waals surface area contributed by atoms with Crippen molar-refractivity contribution in [1.82, 2.24) is 15.0 Å². The molecule has 0 spiro atoms. The number of nitrogens with zero attached hydrogens (tertiary/aromatic N) is 4. The summed E-state index contributed by atoms with van der Waals surface area (Å²) in [4.78, 5) is 26.8. The zero-order valence-corrected chi connectivity index (χ0v) is 16.8. The molecule has 1 amide bonds. The summed E-state index contributed by atoms with van der Waals surface area (Å²) in [6, 6.07) is 9.79. The maximum atomic E-state index is 12.1. The number of ether oxygens (including phenoxy) is 1. The minimum absolute atomic E-state index is 0.148. The second kappa shape index (κ2) is 6.80. The molecule has 154 valence electrons. The molecule has 0 bridgehead atoms. The third kappa shape index (κ3) is 2.99. The molecule has 1 saturated heterocycles. The highest BCUT2D eigenvalue weighted by Gasteiger charge is 2.27. The SMILES string of the molecule is C[C@@H]1Oc2cc(N3CCCC3=O)ccc2-c2cnc(Nc3cnc4ncoc4c3)cc21. The Morgan fingerprint density at radius 1 is 1.10 bits per heavy atom. The molecule has 1 atom stereocenters. The van der Waals surface area contributed by atoms with Crippen LogP contribution >= 0.6 is 0 Å². The van der Waals surface area contributed by atoms with Crippen LogP contribution < -0.4 is 15.0 Å². The van der Waals surface area contributed by atoms with Gasteiger partial charge in [-0.1, -0.05) is 0 Å². The van der Waals surface area contributed by atoms with Crippen LogP contribution in [0.15, 0.2) is 53.5 Å². The van der Waals surface area contributed by atoms with Gasteiger partial charge in [0.05, 0.1) is 11.9 Å². The first kappa shape index (κ1) is 17.9. The lowest BCUT2D eigenvalue weighted by Gasteiger charge is -2.28. The van der Waals surface area contributed by atoms with Crippen LogP contribution in [-0.2, 0) is 4.79 Å². The van der Waals surface area contributed by atoms with Gasteiger partial charge in [0.1, 0.15) is 17.7 Å². The molecule has 2 aliphatic heterocycles. The van der Waals surface area contributed by atoms with Gasteiger partial charge in [-0.15, -0.1) is 0 Å². The number of oxazole rings is 1. The van der Waals surface area contributed by atoms with Gasteiger partial charge in [0.25, 0.3) is 0 Å². The third-order valence-electron chi connectivity index (χ3n) is 5.78. The normalized spacial score (nSPS) is 17.4. The van der Waals surface area contributed by atoms with E-state index in [-0.39, 0.29) is 12.0 Å². The van der Waals surface area contributed by atoms with Crippen LogP contribution in [-0.4, -0.2) is 27.4 Å². The highest BCUT2D eigenvalue weighted by Crippen LogP contribution is 2.44. The fraction of sp³-hybridized carbons (Fsp3) is 0.217. The summed E-state index contributed by atoms with van der Waals surface area (Å²) in [5.74, 6) is 1.64. The Balaban J connectivity index is 1.33. The summed E-state index contributed by atoms with van der Waals surface area (Å²) in [5, 5.41) is 3.27. The Hall–Kier alpha value is -3.94. The fourth-order valence-electron chi connectivity index (χ4n) is 4.25. The first-order valence-corrected chi connectivity index (χ1v) is 10.2. The lowest BCUT2D eigenvalue weighted by Crippen LogP contribution is -2.24. The van der Waals surface area contributed by atoms with Crippen LogP contribution in [0.25, 0.3) is 22.4 Å². The zero-order chi connectivity index (χ0) is 20.9. The van der Waals surface area contributed by atoms with Gasteiger partial charge in [0.15, 0.2) is 17.6 Å². The van der Waals surface area contributed by atoms with Crippen molar-refractivity contribution in [3.8, 4) is 16.9 Å². The number of rotatable bonds is 3.